The molecule has 2 amide bonds. The average molecular weight is 313 g/mol. The zero-order valence-corrected chi connectivity index (χ0v) is 12.0. The van der Waals surface area contributed by atoms with Crippen LogP contribution in [0.3, 0.4) is 0 Å². The Kier molecular flexibility index (Phi) is 5.67. The molecule has 0 aliphatic rings. The minimum absolute atomic E-state index is 0.0784. The van der Waals surface area contributed by atoms with Crippen molar-refractivity contribution >= 4 is 29.5 Å². The molecule has 0 aliphatic heterocycles. The van der Waals surface area contributed by atoms with Gasteiger partial charge in [0.2, 0.25) is 0 Å². The van der Waals surface area contributed by atoms with E-state index in [-0.39, 0.29) is 24.0 Å². The Balaban J connectivity index is 3.18. The lowest BCUT2D eigenvalue weighted by molar-refractivity contribution is 0.148. The van der Waals surface area contributed by atoms with Gasteiger partial charge in [-0.15, -0.1) is 0 Å². The number of aryl methyl sites for hydroxylation is 1. The first-order valence-corrected chi connectivity index (χ1v) is 6.12. The molecule has 21 heavy (non-hydrogen) atoms. The molecule has 10 heteroatoms. The maximum atomic E-state index is 11.0. The predicted octanol–water partition coefficient (Wildman–Crippen LogP) is -0.224. The molecular formula is C11H15N5O4S. The van der Waals surface area contributed by atoms with E-state index in [0.29, 0.717) is 16.8 Å². The number of amides is 2. The second kappa shape index (κ2) is 7.24. The van der Waals surface area contributed by atoms with Gasteiger partial charge in [0.25, 0.3) is 0 Å². The van der Waals surface area contributed by atoms with E-state index in [9.17, 15) is 9.59 Å². The molecule has 0 saturated carbocycles. The van der Waals surface area contributed by atoms with Crippen LogP contribution in [0, 0.1) is 6.92 Å². The summed E-state index contributed by atoms with van der Waals surface area (Å²) in [4.78, 5) is 25.8. The third-order valence-electron chi connectivity index (χ3n) is 2.42. The first-order chi connectivity index (χ1) is 9.81. The van der Waals surface area contributed by atoms with Gasteiger partial charge in [0.05, 0.1) is 5.69 Å². The Hall–Kier alpha value is -2.62. The number of nitrogens with one attached hydrogen (secondary N) is 1. The van der Waals surface area contributed by atoms with Crippen molar-refractivity contribution in [2.75, 3.05) is 0 Å². The average Bonchev–Trinajstić information content (AvgIpc) is 2.37. The molecule has 0 radical (unpaired) electrons. The summed E-state index contributed by atoms with van der Waals surface area (Å²) in [5.41, 5.74) is 16.7. The predicted molar refractivity (Wildman–Crippen MR) is 77.2 cm³/mol. The summed E-state index contributed by atoms with van der Waals surface area (Å²) in [5.74, 6) is 0.103. The monoisotopic (exact) mass is 313 g/mol. The van der Waals surface area contributed by atoms with Crippen LogP contribution >= 0.6 is 12.2 Å². The number of nitrogens with two attached hydrogens (primary N) is 3. The number of hydrogen-bond acceptors (Lipinski definition) is 6. The minimum Gasteiger partial charge on any atom is -0.445 e. The van der Waals surface area contributed by atoms with Crippen LogP contribution in [0.4, 0.5) is 9.59 Å². The fraction of sp³-hybridized carbons (Fsp3) is 0.273. The number of rotatable bonds is 5. The van der Waals surface area contributed by atoms with Gasteiger partial charge in [-0.1, -0.05) is 0 Å². The number of primary amides is 2. The molecule has 0 aromatic carbocycles. The van der Waals surface area contributed by atoms with Gasteiger partial charge >= 0.3 is 12.2 Å². The number of hydrogen-bond donors (Lipinski definition) is 4. The standard InChI is InChI=1S/C11H15N5O4S/c1-5-8(20-11(14)18)7(4-19-10(13)17)6(2-15-5)3-16-9(12)21/h2H,3-4H2,1H3,(H2,13,17)(H2,14,18)(H3,12,16,21). The summed E-state index contributed by atoms with van der Waals surface area (Å²) in [6.07, 6.45) is -0.476. The molecule has 114 valence electrons. The van der Waals surface area contributed by atoms with Crippen LogP contribution in [-0.4, -0.2) is 22.3 Å². The van der Waals surface area contributed by atoms with Crippen molar-refractivity contribution in [1.29, 1.82) is 0 Å². The van der Waals surface area contributed by atoms with Crippen molar-refractivity contribution in [1.82, 2.24) is 10.3 Å². The second-order valence-corrected chi connectivity index (χ2v) is 4.36. The van der Waals surface area contributed by atoms with Crippen LogP contribution < -0.4 is 27.3 Å². The van der Waals surface area contributed by atoms with Crippen LogP contribution in [-0.2, 0) is 17.9 Å². The lowest BCUT2D eigenvalue weighted by Crippen LogP contribution is -2.29. The van der Waals surface area contributed by atoms with Gasteiger partial charge in [0.1, 0.15) is 6.61 Å². The SMILES string of the molecule is Cc1ncc(CNC(N)=S)c(COC(N)=O)c1OC(N)=O. The summed E-state index contributed by atoms with van der Waals surface area (Å²) >= 11 is 4.71. The first-order valence-electron chi connectivity index (χ1n) is 5.71. The van der Waals surface area contributed by atoms with Gasteiger partial charge in [0.15, 0.2) is 10.9 Å². The van der Waals surface area contributed by atoms with E-state index in [4.69, 9.17) is 38.9 Å². The van der Waals surface area contributed by atoms with E-state index in [1.165, 1.54) is 6.20 Å². The fourth-order valence-electron chi connectivity index (χ4n) is 1.55. The highest BCUT2D eigenvalue weighted by atomic mass is 32.1. The number of carbonyl (C=O) groups is 2. The third kappa shape index (κ3) is 5.10. The molecule has 0 unspecified atom stereocenters. The van der Waals surface area contributed by atoms with Crippen molar-refractivity contribution in [3.8, 4) is 5.75 Å². The lowest BCUT2D eigenvalue weighted by Gasteiger charge is -2.15. The molecule has 0 fully saturated rings. The quantitative estimate of drug-likeness (QED) is 0.543. The molecule has 0 atom stereocenters. The molecule has 9 nitrogen and oxygen atoms in total. The van der Waals surface area contributed by atoms with Crippen LogP contribution in [0.15, 0.2) is 6.20 Å². The zero-order chi connectivity index (χ0) is 16.0. The van der Waals surface area contributed by atoms with Crippen molar-refractivity contribution < 1.29 is 19.1 Å². The topological polar surface area (TPSA) is 156 Å². The number of carbonyl (C=O) groups excluding carboxylic acids is 2. The van der Waals surface area contributed by atoms with Crippen LogP contribution in [0.1, 0.15) is 16.8 Å². The lowest BCUT2D eigenvalue weighted by atomic mass is 10.1. The van der Waals surface area contributed by atoms with Gasteiger partial charge in [-0.3, -0.25) is 4.98 Å². The second-order valence-electron chi connectivity index (χ2n) is 3.92. The van der Waals surface area contributed by atoms with E-state index in [2.05, 4.69) is 10.3 Å². The summed E-state index contributed by atoms with van der Waals surface area (Å²) in [5, 5.41) is 2.79. The van der Waals surface area contributed by atoms with Crippen LogP contribution in [0.25, 0.3) is 0 Å². The van der Waals surface area contributed by atoms with Gasteiger partial charge in [-0.05, 0) is 24.7 Å². The summed E-state index contributed by atoms with van der Waals surface area (Å²) < 4.78 is 9.65. The fourth-order valence-corrected chi connectivity index (χ4v) is 1.62. The molecule has 1 heterocycles. The van der Waals surface area contributed by atoms with Crippen molar-refractivity contribution in [2.45, 2.75) is 20.1 Å². The number of pyridine rings is 1. The summed E-state index contributed by atoms with van der Waals surface area (Å²) in [7, 11) is 0. The van der Waals surface area contributed by atoms with Crippen molar-refractivity contribution in [3.05, 3.63) is 23.0 Å². The summed E-state index contributed by atoms with van der Waals surface area (Å²) in [6.45, 7) is 1.60. The number of ether oxygens (including phenoxy) is 2. The highest BCUT2D eigenvalue weighted by Crippen LogP contribution is 2.26. The highest BCUT2D eigenvalue weighted by molar-refractivity contribution is 7.80. The smallest absolute Gasteiger partial charge is 0.410 e. The molecule has 1 aromatic rings. The van der Waals surface area contributed by atoms with Gasteiger partial charge in [-0.2, -0.15) is 0 Å². The van der Waals surface area contributed by atoms with Gasteiger partial charge in [-0.25, -0.2) is 9.59 Å². The van der Waals surface area contributed by atoms with Crippen LogP contribution in [0.2, 0.25) is 0 Å². The van der Waals surface area contributed by atoms with E-state index in [1.54, 1.807) is 6.92 Å². The Morgan fingerprint density at radius 3 is 2.52 bits per heavy atom. The van der Waals surface area contributed by atoms with Gasteiger partial charge in [0, 0.05) is 18.3 Å². The number of nitrogens with zero attached hydrogens (tertiary/aromatic N) is 1. The maximum Gasteiger partial charge on any atom is 0.410 e. The Labute approximate surface area is 125 Å². The van der Waals surface area contributed by atoms with Crippen LogP contribution in [0.5, 0.6) is 5.75 Å². The number of aromatic nitrogens is 1. The molecule has 0 saturated heterocycles. The largest absolute Gasteiger partial charge is 0.445 e. The Bertz CT molecular complexity index is 578. The molecule has 7 N–H and O–H groups in total. The summed E-state index contributed by atoms with van der Waals surface area (Å²) in [6, 6.07) is 0. The zero-order valence-electron chi connectivity index (χ0n) is 11.2. The minimum atomic E-state index is -1.01. The highest BCUT2D eigenvalue weighted by Gasteiger charge is 2.17. The molecule has 1 aromatic heterocycles. The third-order valence-corrected chi connectivity index (χ3v) is 2.56. The first kappa shape index (κ1) is 16.4. The Morgan fingerprint density at radius 1 is 1.33 bits per heavy atom. The van der Waals surface area contributed by atoms with Crippen molar-refractivity contribution in [3.63, 3.8) is 0 Å². The molecular weight excluding hydrogens is 298 g/mol. The molecule has 0 aliphatic carbocycles. The van der Waals surface area contributed by atoms with Gasteiger partial charge < -0.3 is 32.0 Å². The normalized spacial score (nSPS) is 9.76. The maximum absolute atomic E-state index is 11.0. The molecule has 0 bridgehead atoms. The van der Waals surface area contributed by atoms with E-state index < -0.39 is 12.2 Å². The van der Waals surface area contributed by atoms with E-state index in [0.717, 1.165) is 0 Å². The Morgan fingerprint density at radius 2 is 2.00 bits per heavy atom. The van der Waals surface area contributed by atoms with Crippen molar-refractivity contribution in [2.24, 2.45) is 17.2 Å². The van der Waals surface area contributed by atoms with E-state index in [1.807, 2.05) is 0 Å². The van der Waals surface area contributed by atoms with E-state index >= 15 is 0 Å². The number of thiocarbonyl (C=S) groups is 1. The molecule has 1 rings (SSSR count). The molecule has 0 spiro atoms.